The first-order valence-electron chi connectivity index (χ1n) is 10.8. The van der Waals surface area contributed by atoms with Crippen molar-refractivity contribution in [2.75, 3.05) is 12.0 Å². The monoisotopic (exact) mass is 441 g/mol. The number of benzene rings is 3. The van der Waals surface area contributed by atoms with Crippen LogP contribution in [0.1, 0.15) is 39.4 Å². The van der Waals surface area contributed by atoms with E-state index in [9.17, 15) is 14.7 Å². The molecule has 0 bridgehead atoms. The second kappa shape index (κ2) is 8.58. The zero-order valence-electron chi connectivity index (χ0n) is 19.5. The number of carbonyl (C=O) groups excluding carboxylic acids is 2. The highest BCUT2D eigenvalue weighted by atomic mass is 16.5. The molecule has 0 aromatic heterocycles. The van der Waals surface area contributed by atoms with Crippen LogP contribution in [-0.2, 0) is 9.59 Å². The van der Waals surface area contributed by atoms with Crippen molar-refractivity contribution in [3.63, 3.8) is 0 Å². The molecule has 0 radical (unpaired) electrons. The molecule has 33 heavy (non-hydrogen) atoms. The Kier molecular flexibility index (Phi) is 5.81. The molecule has 1 aliphatic heterocycles. The fraction of sp³-hybridized carbons (Fsp3) is 0.214. The van der Waals surface area contributed by atoms with Crippen LogP contribution in [0.25, 0.3) is 5.76 Å². The van der Waals surface area contributed by atoms with Crippen molar-refractivity contribution in [3.8, 4) is 5.75 Å². The summed E-state index contributed by atoms with van der Waals surface area (Å²) in [7, 11) is 1.53. The second-order valence-electron chi connectivity index (χ2n) is 8.58. The summed E-state index contributed by atoms with van der Waals surface area (Å²) in [6, 6.07) is 18.0. The number of ether oxygens (including phenoxy) is 1. The molecule has 1 amide bonds. The molecule has 0 saturated carbocycles. The molecule has 168 valence electrons. The van der Waals surface area contributed by atoms with Gasteiger partial charge in [0.2, 0.25) is 0 Å². The highest BCUT2D eigenvalue weighted by molar-refractivity contribution is 6.51. The van der Waals surface area contributed by atoms with E-state index >= 15 is 0 Å². The molecule has 1 unspecified atom stereocenters. The lowest BCUT2D eigenvalue weighted by atomic mass is 9.93. The molecule has 3 aromatic carbocycles. The van der Waals surface area contributed by atoms with Gasteiger partial charge in [-0.1, -0.05) is 53.6 Å². The standard InChI is InChI=1S/C28H27NO4/c1-16-9-11-21(12-10-16)29-24(20-8-6-7-17(2)14-20)23(26(31)28(29)32)25(30)22-15-18(3)13-19(4)27(22)33-5/h6-15,24,30H,1-5H3/b25-23+. The van der Waals surface area contributed by atoms with E-state index in [2.05, 4.69) is 0 Å². The number of nitrogens with zero attached hydrogens (tertiary/aromatic N) is 1. The number of ketones is 1. The zero-order valence-corrected chi connectivity index (χ0v) is 19.5. The zero-order chi connectivity index (χ0) is 23.9. The Morgan fingerprint density at radius 1 is 0.879 bits per heavy atom. The van der Waals surface area contributed by atoms with Crippen LogP contribution in [0.15, 0.2) is 66.2 Å². The van der Waals surface area contributed by atoms with Crippen molar-refractivity contribution in [2.24, 2.45) is 0 Å². The van der Waals surface area contributed by atoms with Crippen molar-refractivity contribution < 1.29 is 19.4 Å². The van der Waals surface area contributed by atoms with Crippen LogP contribution in [0.4, 0.5) is 5.69 Å². The normalized spacial score (nSPS) is 17.5. The summed E-state index contributed by atoms with van der Waals surface area (Å²) in [5.74, 6) is -1.16. The fourth-order valence-corrected chi connectivity index (χ4v) is 4.51. The van der Waals surface area contributed by atoms with Gasteiger partial charge in [0.25, 0.3) is 11.7 Å². The average Bonchev–Trinajstić information content (AvgIpc) is 3.04. The molecule has 0 spiro atoms. The Balaban J connectivity index is 2.01. The number of aryl methyl sites for hydroxylation is 4. The first-order valence-corrected chi connectivity index (χ1v) is 10.8. The van der Waals surface area contributed by atoms with Gasteiger partial charge in [0.15, 0.2) is 0 Å². The topological polar surface area (TPSA) is 66.8 Å². The van der Waals surface area contributed by atoms with Crippen LogP contribution in [0.5, 0.6) is 5.75 Å². The lowest BCUT2D eigenvalue weighted by molar-refractivity contribution is -0.132. The quantitative estimate of drug-likeness (QED) is 0.327. The van der Waals surface area contributed by atoms with Gasteiger partial charge in [0, 0.05) is 5.69 Å². The number of aliphatic hydroxyl groups excluding tert-OH is 1. The summed E-state index contributed by atoms with van der Waals surface area (Å²) in [5, 5.41) is 11.5. The number of hydrogen-bond acceptors (Lipinski definition) is 4. The maximum Gasteiger partial charge on any atom is 0.300 e. The smallest absolute Gasteiger partial charge is 0.300 e. The Morgan fingerprint density at radius 2 is 1.58 bits per heavy atom. The van der Waals surface area contributed by atoms with Crippen molar-refractivity contribution in [2.45, 2.75) is 33.7 Å². The molecule has 1 fully saturated rings. The van der Waals surface area contributed by atoms with Gasteiger partial charge in [0.05, 0.1) is 24.3 Å². The largest absolute Gasteiger partial charge is 0.507 e. The lowest BCUT2D eigenvalue weighted by Gasteiger charge is -2.26. The molecular weight excluding hydrogens is 414 g/mol. The van der Waals surface area contributed by atoms with Gasteiger partial charge in [-0.05, 0) is 62.6 Å². The minimum Gasteiger partial charge on any atom is -0.507 e. The number of Topliss-reactive ketones (excluding diaryl/α,β-unsaturated/α-hetero) is 1. The molecule has 1 aliphatic rings. The van der Waals surface area contributed by atoms with Gasteiger partial charge in [-0.2, -0.15) is 0 Å². The van der Waals surface area contributed by atoms with Gasteiger partial charge >= 0.3 is 0 Å². The molecule has 1 heterocycles. The molecule has 5 heteroatoms. The molecule has 1 saturated heterocycles. The molecule has 0 aliphatic carbocycles. The first kappa shape index (κ1) is 22.3. The third-order valence-corrected chi connectivity index (χ3v) is 5.99. The number of methoxy groups -OCH3 is 1. The van der Waals surface area contributed by atoms with Crippen LogP contribution < -0.4 is 9.64 Å². The average molecular weight is 442 g/mol. The van der Waals surface area contributed by atoms with Gasteiger partial charge in [-0.25, -0.2) is 0 Å². The highest BCUT2D eigenvalue weighted by Gasteiger charge is 2.47. The Hall–Kier alpha value is -3.86. The van der Waals surface area contributed by atoms with Crippen LogP contribution in [0.2, 0.25) is 0 Å². The van der Waals surface area contributed by atoms with Crippen molar-refractivity contribution >= 4 is 23.1 Å². The summed E-state index contributed by atoms with van der Waals surface area (Å²) in [6.07, 6.45) is 0. The predicted molar refractivity (Wildman–Crippen MR) is 130 cm³/mol. The van der Waals surface area contributed by atoms with Crippen molar-refractivity contribution in [1.29, 1.82) is 0 Å². The number of aliphatic hydroxyl groups is 1. The number of amides is 1. The molecule has 1 N–H and O–H groups in total. The number of carbonyl (C=O) groups is 2. The summed E-state index contributed by atoms with van der Waals surface area (Å²) >= 11 is 0. The van der Waals surface area contributed by atoms with Crippen molar-refractivity contribution in [3.05, 3.63) is 99.6 Å². The SMILES string of the molecule is COc1c(C)cc(C)cc1/C(O)=C1\C(=O)C(=O)N(c2ccc(C)cc2)C1c1cccc(C)c1. The van der Waals surface area contributed by atoms with E-state index in [4.69, 9.17) is 4.74 Å². The van der Waals surface area contributed by atoms with Gasteiger partial charge in [-0.3, -0.25) is 14.5 Å². The Morgan fingerprint density at radius 3 is 2.21 bits per heavy atom. The summed E-state index contributed by atoms with van der Waals surface area (Å²) in [5.41, 5.74) is 5.58. The minimum absolute atomic E-state index is 0.0504. The molecule has 5 nitrogen and oxygen atoms in total. The Bertz CT molecular complexity index is 1290. The van der Waals surface area contributed by atoms with E-state index in [1.54, 1.807) is 6.07 Å². The molecule has 4 rings (SSSR count). The van der Waals surface area contributed by atoms with Gasteiger partial charge in [-0.15, -0.1) is 0 Å². The van der Waals surface area contributed by atoms with E-state index < -0.39 is 17.7 Å². The second-order valence-corrected chi connectivity index (χ2v) is 8.58. The number of anilines is 1. The molecule has 1 atom stereocenters. The van der Waals surface area contributed by atoms with Gasteiger partial charge < -0.3 is 9.84 Å². The lowest BCUT2D eigenvalue weighted by Crippen LogP contribution is -2.29. The minimum atomic E-state index is -0.766. The summed E-state index contributed by atoms with van der Waals surface area (Å²) in [4.78, 5) is 28.1. The predicted octanol–water partition coefficient (Wildman–Crippen LogP) is 5.56. The van der Waals surface area contributed by atoms with Crippen LogP contribution in [0, 0.1) is 27.7 Å². The third kappa shape index (κ3) is 3.91. The molecule has 3 aromatic rings. The number of rotatable bonds is 4. The van der Waals surface area contributed by atoms with Crippen LogP contribution in [0.3, 0.4) is 0 Å². The molecular formula is C28H27NO4. The van der Waals surface area contributed by atoms with E-state index in [0.29, 0.717) is 17.0 Å². The first-order chi connectivity index (χ1) is 15.7. The Labute approximate surface area is 193 Å². The maximum atomic E-state index is 13.4. The highest BCUT2D eigenvalue weighted by Crippen LogP contribution is 2.44. The van der Waals surface area contributed by atoms with E-state index in [1.807, 2.05) is 82.3 Å². The van der Waals surface area contributed by atoms with Gasteiger partial charge in [0.1, 0.15) is 11.5 Å². The maximum absolute atomic E-state index is 13.4. The van der Waals surface area contributed by atoms with Crippen molar-refractivity contribution in [1.82, 2.24) is 0 Å². The summed E-state index contributed by atoms with van der Waals surface area (Å²) in [6.45, 7) is 7.70. The van der Waals surface area contributed by atoms with Crippen LogP contribution >= 0.6 is 0 Å². The van der Waals surface area contributed by atoms with E-state index in [-0.39, 0.29) is 11.3 Å². The van der Waals surface area contributed by atoms with Crippen LogP contribution in [-0.4, -0.2) is 23.9 Å². The van der Waals surface area contributed by atoms with E-state index in [0.717, 1.165) is 27.8 Å². The summed E-state index contributed by atoms with van der Waals surface area (Å²) < 4.78 is 5.55. The third-order valence-electron chi connectivity index (χ3n) is 5.99. The van der Waals surface area contributed by atoms with E-state index in [1.165, 1.54) is 12.0 Å². The fourth-order valence-electron chi connectivity index (χ4n) is 4.51. The number of hydrogen-bond donors (Lipinski definition) is 1.